The van der Waals surface area contributed by atoms with Crippen LogP contribution in [0.1, 0.15) is 0 Å². The fourth-order valence-electron chi connectivity index (χ4n) is 0.596. The third-order valence-corrected chi connectivity index (χ3v) is 2.31. The summed E-state index contributed by atoms with van der Waals surface area (Å²) in [6, 6.07) is -2.20. The maximum absolute atomic E-state index is 10.4. The third kappa shape index (κ3) is 2.97. The first kappa shape index (κ1) is 11.8. The van der Waals surface area contributed by atoms with Gasteiger partial charge in [-0.25, -0.2) is 0 Å². The van der Waals surface area contributed by atoms with Crippen LogP contribution in [-0.4, -0.2) is 46.4 Å². The molecule has 0 radical (unpaired) electrons. The Morgan fingerprint density at radius 1 is 1.15 bits per heavy atom. The quantitative estimate of drug-likeness (QED) is 0.381. The minimum Gasteiger partial charge on any atom is -0.480 e. The minimum absolute atomic E-state index is 1.83. The van der Waals surface area contributed by atoms with Crippen LogP contribution in [0.2, 0.25) is 0 Å². The zero-order valence-corrected chi connectivity index (χ0v) is 6.93. The maximum atomic E-state index is 10.4. The Morgan fingerprint density at radius 2 is 1.54 bits per heavy atom. The van der Waals surface area contributed by atoms with Gasteiger partial charge in [-0.1, -0.05) is 0 Å². The summed E-state index contributed by atoms with van der Waals surface area (Å²) >= 11 is 0. The van der Waals surface area contributed by atoms with E-state index in [0.717, 1.165) is 0 Å². The Hall–Kier alpha value is -1.19. The molecule has 0 aromatic heterocycles. The Kier molecular flexibility index (Phi) is 3.34. The summed E-state index contributed by atoms with van der Waals surface area (Å²) < 4.78 is 29.0. The molecule has 9 heteroatoms. The molecule has 0 fully saturated rings. The van der Waals surface area contributed by atoms with Crippen molar-refractivity contribution in [2.75, 3.05) is 0 Å². The SMILES string of the molecule is N[C@H](C(=O)O)[C@@H](C(=O)O)S(=O)(=O)O. The number of hydrogen-bond acceptors (Lipinski definition) is 5. The number of nitrogens with two attached hydrogens (primary N) is 1. The van der Waals surface area contributed by atoms with Gasteiger partial charge >= 0.3 is 11.9 Å². The van der Waals surface area contributed by atoms with Crippen LogP contribution in [0.25, 0.3) is 0 Å². The normalized spacial score (nSPS) is 16.2. The van der Waals surface area contributed by atoms with E-state index in [-0.39, 0.29) is 0 Å². The molecule has 0 aliphatic rings. The van der Waals surface area contributed by atoms with Crippen molar-refractivity contribution in [2.24, 2.45) is 5.73 Å². The second kappa shape index (κ2) is 3.68. The van der Waals surface area contributed by atoms with Gasteiger partial charge in [0, 0.05) is 0 Å². The van der Waals surface area contributed by atoms with Crippen molar-refractivity contribution in [1.82, 2.24) is 0 Å². The molecule has 0 rings (SSSR count). The van der Waals surface area contributed by atoms with Crippen LogP contribution in [0.15, 0.2) is 0 Å². The summed E-state index contributed by atoms with van der Waals surface area (Å²) in [6.07, 6.45) is 0. The lowest BCUT2D eigenvalue weighted by Crippen LogP contribution is -2.50. The van der Waals surface area contributed by atoms with Gasteiger partial charge in [0.1, 0.15) is 6.04 Å². The summed E-state index contributed by atoms with van der Waals surface area (Å²) in [5.74, 6) is -3.84. The first-order valence-electron chi connectivity index (χ1n) is 2.85. The monoisotopic (exact) mass is 213 g/mol. The first-order chi connectivity index (χ1) is 5.68. The van der Waals surface area contributed by atoms with Gasteiger partial charge in [0.05, 0.1) is 0 Å². The lowest BCUT2D eigenvalue weighted by molar-refractivity contribution is -0.144. The van der Waals surface area contributed by atoms with Gasteiger partial charge in [-0.2, -0.15) is 8.42 Å². The average molecular weight is 213 g/mol. The van der Waals surface area contributed by atoms with Gasteiger partial charge < -0.3 is 15.9 Å². The molecule has 0 saturated heterocycles. The van der Waals surface area contributed by atoms with E-state index in [1.807, 2.05) is 0 Å². The Morgan fingerprint density at radius 3 is 1.62 bits per heavy atom. The fraction of sp³-hybridized carbons (Fsp3) is 0.500. The highest BCUT2D eigenvalue weighted by atomic mass is 32.2. The van der Waals surface area contributed by atoms with E-state index >= 15 is 0 Å². The Labute approximate surface area is 72.7 Å². The molecule has 0 aromatic carbocycles. The van der Waals surface area contributed by atoms with Crippen LogP contribution in [0.5, 0.6) is 0 Å². The third-order valence-electron chi connectivity index (χ3n) is 1.18. The van der Waals surface area contributed by atoms with Crippen molar-refractivity contribution >= 4 is 22.1 Å². The molecule has 0 saturated carbocycles. The van der Waals surface area contributed by atoms with Crippen molar-refractivity contribution in [3.8, 4) is 0 Å². The van der Waals surface area contributed by atoms with Crippen LogP contribution in [0.4, 0.5) is 0 Å². The number of carboxylic acid groups (broad SMARTS) is 2. The summed E-state index contributed by atoms with van der Waals surface area (Å²) in [4.78, 5) is 20.3. The Bertz CT molecular complexity index is 319. The second-order valence-electron chi connectivity index (χ2n) is 2.14. The Balaban J connectivity index is 5.07. The van der Waals surface area contributed by atoms with Gasteiger partial charge in [0.15, 0.2) is 0 Å². The van der Waals surface area contributed by atoms with E-state index < -0.39 is 33.3 Å². The molecule has 0 heterocycles. The van der Waals surface area contributed by atoms with E-state index in [9.17, 15) is 18.0 Å². The van der Waals surface area contributed by atoms with Gasteiger partial charge in [-0.3, -0.25) is 14.1 Å². The number of carboxylic acids is 2. The van der Waals surface area contributed by atoms with Crippen molar-refractivity contribution in [3.63, 3.8) is 0 Å². The van der Waals surface area contributed by atoms with Crippen LogP contribution in [-0.2, 0) is 19.7 Å². The summed E-state index contributed by atoms with van der Waals surface area (Å²) in [6.45, 7) is 0. The first-order valence-corrected chi connectivity index (χ1v) is 4.35. The standard InChI is InChI=1S/C4H7NO7S/c5-1(3(6)7)2(4(8)9)13(10,11)12/h1-2H,5H2,(H,6,7)(H,8,9)(H,10,11,12)/t1-,2-/m0/s1. The van der Waals surface area contributed by atoms with Crippen LogP contribution < -0.4 is 5.73 Å². The van der Waals surface area contributed by atoms with Gasteiger partial charge in [-0.05, 0) is 0 Å². The van der Waals surface area contributed by atoms with E-state index in [1.165, 1.54) is 0 Å². The molecule has 0 aromatic rings. The molecule has 0 spiro atoms. The molecule has 13 heavy (non-hydrogen) atoms. The van der Waals surface area contributed by atoms with Crippen molar-refractivity contribution < 1.29 is 32.8 Å². The molecule has 8 nitrogen and oxygen atoms in total. The van der Waals surface area contributed by atoms with Crippen LogP contribution in [0, 0.1) is 0 Å². The van der Waals surface area contributed by atoms with Crippen LogP contribution in [0.3, 0.4) is 0 Å². The molecule has 0 bridgehead atoms. The van der Waals surface area contributed by atoms with E-state index in [4.69, 9.17) is 20.5 Å². The topological polar surface area (TPSA) is 155 Å². The molecule has 0 unspecified atom stereocenters. The van der Waals surface area contributed by atoms with Crippen molar-refractivity contribution in [2.45, 2.75) is 11.3 Å². The number of hydrogen-bond donors (Lipinski definition) is 4. The molecule has 0 aliphatic heterocycles. The molecule has 0 aliphatic carbocycles. The van der Waals surface area contributed by atoms with Gasteiger partial charge in [0.2, 0.25) is 5.25 Å². The zero-order valence-electron chi connectivity index (χ0n) is 6.11. The summed E-state index contributed by atoms with van der Waals surface area (Å²) in [5.41, 5.74) is 4.73. The number of rotatable bonds is 4. The van der Waals surface area contributed by atoms with Crippen LogP contribution >= 0.6 is 0 Å². The molecule has 0 amide bonds. The fourth-order valence-corrected chi connectivity index (χ4v) is 1.34. The highest BCUT2D eigenvalue weighted by Gasteiger charge is 2.40. The minimum atomic E-state index is -5.01. The highest BCUT2D eigenvalue weighted by molar-refractivity contribution is 7.87. The number of carbonyl (C=O) groups is 2. The predicted octanol–water partition coefficient (Wildman–Crippen LogP) is -2.26. The molecule has 5 N–H and O–H groups in total. The van der Waals surface area contributed by atoms with Gasteiger partial charge in [0.25, 0.3) is 10.1 Å². The van der Waals surface area contributed by atoms with E-state index in [1.54, 1.807) is 0 Å². The lowest BCUT2D eigenvalue weighted by atomic mass is 10.2. The van der Waals surface area contributed by atoms with Crippen molar-refractivity contribution in [3.05, 3.63) is 0 Å². The van der Waals surface area contributed by atoms with E-state index in [2.05, 4.69) is 0 Å². The maximum Gasteiger partial charge on any atom is 0.326 e. The predicted molar refractivity (Wildman–Crippen MR) is 38.6 cm³/mol. The number of aliphatic carboxylic acids is 2. The average Bonchev–Trinajstić information content (AvgIpc) is 1.82. The molecular weight excluding hydrogens is 206 g/mol. The lowest BCUT2D eigenvalue weighted by Gasteiger charge is -2.12. The second-order valence-corrected chi connectivity index (χ2v) is 3.68. The van der Waals surface area contributed by atoms with E-state index in [0.29, 0.717) is 0 Å². The summed E-state index contributed by atoms with van der Waals surface area (Å²) in [7, 11) is -5.01. The largest absolute Gasteiger partial charge is 0.480 e. The smallest absolute Gasteiger partial charge is 0.326 e. The zero-order chi connectivity index (χ0) is 10.8. The molecule has 2 atom stereocenters. The summed E-state index contributed by atoms with van der Waals surface area (Å²) in [5, 5.41) is 13.9. The molecular formula is C4H7NO7S. The van der Waals surface area contributed by atoms with Crippen molar-refractivity contribution in [1.29, 1.82) is 0 Å². The highest BCUT2D eigenvalue weighted by Crippen LogP contribution is 2.03. The molecule has 76 valence electrons. The van der Waals surface area contributed by atoms with Gasteiger partial charge in [-0.15, -0.1) is 0 Å².